The van der Waals surface area contributed by atoms with Crippen LogP contribution in [0.25, 0.3) is 0 Å². The summed E-state index contributed by atoms with van der Waals surface area (Å²) in [6.45, 7) is 1.98. The van der Waals surface area contributed by atoms with E-state index in [0.29, 0.717) is 17.3 Å². The molecule has 0 bridgehead atoms. The Kier molecular flexibility index (Phi) is 5.20. The highest BCUT2D eigenvalue weighted by Gasteiger charge is 2.09. The minimum Gasteiger partial charge on any atom is -0.493 e. The van der Waals surface area contributed by atoms with Gasteiger partial charge in [0.15, 0.2) is 23.9 Å². The summed E-state index contributed by atoms with van der Waals surface area (Å²) in [4.78, 5) is 11.8. The number of carbonyl (C=O) groups is 1. The van der Waals surface area contributed by atoms with Gasteiger partial charge in [0, 0.05) is 11.8 Å². The molecule has 0 aliphatic carbocycles. The highest BCUT2D eigenvalue weighted by atomic mass is 16.5. The van der Waals surface area contributed by atoms with Crippen LogP contribution in [-0.4, -0.2) is 29.8 Å². The summed E-state index contributed by atoms with van der Waals surface area (Å²) in [6.07, 6.45) is 1.92. The number of aromatic amines is 1. The van der Waals surface area contributed by atoms with E-state index < -0.39 is 0 Å². The predicted octanol–water partition coefficient (Wildman–Crippen LogP) is 2.39. The van der Waals surface area contributed by atoms with E-state index >= 15 is 0 Å². The second-order valence-corrected chi connectivity index (χ2v) is 4.52. The van der Waals surface area contributed by atoms with Crippen molar-refractivity contribution in [3.63, 3.8) is 0 Å². The van der Waals surface area contributed by atoms with Crippen LogP contribution in [0.5, 0.6) is 11.5 Å². The molecule has 0 unspecified atom stereocenters. The molecule has 2 N–H and O–H groups in total. The van der Waals surface area contributed by atoms with Crippen LogP contribution in [0.3, 0.4) is 0 Å². The molecule has 6 nitrogen and oxygen atoms in total. The molecule has 0 spiro atoms. The maximum Gasteiger partial charge on any atom is 0.263 e. The molecule has 0 radical (unpaired) electrons. The van der Waals surface area contributed by atoms with Crippen LogP contribution in [-0.2, 0) is 11.2 Å². The molecule has 0 fully saturated rings. The van der Waals surface area contributed by atoms with Crippen LogP contribution in [0, 0.1) is 0 Å². The van der Waals surface area contributed by atoms with Crippen LogP contribution in [0.2, 0.25) is 0 Å². The van der Waals surface area contributed by atoms with E-state index in [4.69, 9.17) is 9.47 Å². The number of carbonyl (C=O) groups excluding carboxylic acids is 1. The highest BCUT2D eigenvalue weighted by Crippen LogP contribution is 2.25. The van der Waals surface area contributed by atoms with Crippen molar-refractivity contribution >= 4 is 11.7 Å². The maximum atomic E-state index is 11.8. The average Bonchev–Trinajstić information content (AvgIpc) is 2.93. The number of methoxy groups -OCH3 is 1. The number of para-hydroxylation sites is 2. The number of hydrogen-bond acceptors (Lipinski definition) is 4. The summed E-state index contributed by atoms with van der Waals surface area (Å²) in [5.74, 6) is 1.36. The zero-order chi connectivity index (χ0) is 15.1. The zero-order valence-electron chi connectivity index (χ0n) is 12.2. The van der Waals surface area contributed by atoms with Gasteiger partial charge in [0.05, 0.1) is 7.11 Å². The molecular weight excluding hydrogens is 270 g/mol. The lowest BCUT2D eigenvalue weighted by Crippen LogP contribution is -2.20. The van der Waals surface area contributed by atoms with Gasteiger partial charge in [0.25, 0.3) is 5.91 Å². The first-order valence-corrected chi connectivity index (χ1v) is 6.83. The van der Waals surface area contributed by atoms with E-state index in [9.17, 15) is 4.79 Å². The second kappa shape index (κ2) is 7.33. The molecule has 21 heavy (non-hydrogen) atoms. The number of ether oxygens (including phenoxy) is 2. The van der Waals surface area contributed by atoms with Gasteiger partial charge < -0.3 is 14.8 Å². The van der Waals surface area contributed by atoms with Crippen molar-refractivity contribution in [2.24, 2.45) is 0 Å². The monoisotopic (exact) mass is 289 g/mol. The Bertz CT molecular complexity index is 595. The number of anilines is 1. The molecular formula is C15H19N3O3. The summed E-state index contributed by atoms with van der Waals surface area (Å²) in [5.41, 5.74) is 0.999. The summed E-state index contributed by atoms with van der Waals surface area (Å²) in [6, 6.07) is 9.01. The van der Waals surface area contributed by atoms with Crippen LogP contribution in [0.1, 0.15) is 19.0 Å². The Hall–Kier alpha value is -2.50. The molecule has 1 aromatic carbocycles. The fraction of sp³-hybridized carbons (Fsp3) is 0.333. The number of benzene rings is 1. The third-order valence-electron chi connectivity index (χ3n) is 2.85. The predicted molar refractivity (Wildman–Crippen MR) is 79.7 cm³/mol. The second-order valence-electron chi connectivity index (χ2n) is 4.52. The molecule has 1 aromatic heterocycles. The van der Waals surface area contributed by atoms with Crippen molar-refractivity contribution in [2.45, 2.75) is 19.8 Å². The number of H-pyrrole nitrogens is 1. The SMILES string of the molecule is CCCc1cc(NC(=O)COc2ccccc2OC)n[nH]1. The van der Waals surface area contributed by atoms with E-state index in [1.165, 1.54) is 0 Å². The molecule has 0 aliphatic rings. The number of hydrogen-bond donors (Lipinski definition) is 2. The molecule has 2 aromatic rings. The Morgan fingerprint density at radius 3 is 2.81 bits per heavy atom. The van der Waals surface area contributed by atoms with Crippen molar-refractivity contribution in [1.29, 1.82) is 0 Å². The van der Waals surface area contributed by atoms with Crippen LogP contribution >= 0.6 is 0 Å². The Labute approximate surface area is 123 Å². The molecule has 0 saturated heterocycles. The highest BCUT2D eigenvalue weighted by molar-refractivity contribution is 5.91. The number of amides is 1. The van der Waals surface area contributed by atoms with E-state index in [1.54, 1.807) is 19.2 Å². The van der Waals surface area contributed by atoms with Crippen molar-refractivity contribution in [3.8, 4) is 11.5 Å². The van der Waals surface area contributed by atoms with Gasteiger partial charge >= 0.3 is 0 Å². The van der Waals surface area contributed by atoms with Gasteiger partial charge in [-0.25, -0.2) is 0 Å². The Balaban J connectivity index is 1.86. The zero-order valence-corrected chi connectivity index (χ0v) is 12.2. The molecule has 2 rings (SSSR count). The van der Waals surface area contributed by atoms with Crippen LogP contribution in [0.15, 0.2) is 30.3 Å². The van der Waals surface area contributed by atoms with E-state index in [1.807, 2.05) is 18.2 Å². The lowest BCUT2D eigenvalue weighted by Gasteiger charge is -2.09. The Morgan fingerprint density at radius 2 is 2.10 bits per heavy atom. The standard InChI is InChI=1S/C15H19N3O3/c1-3-6-11-9-14(18-17-11)16-15(19)10-21-13-8-5-4-7-12(13)20-2/h4-5,7-9H,3,6,10H2,1-2H3,(H2,16,17,18,19). The summed E-state index contributed by atoms with van der Waals surface area (Å²) >= 11 is 0. The third kappa shape index (κ3) is 4.24. The molecule has 6 heteroatoms. The van der Waals surface area contributed by atoms with Crippen molar-refractivity contribution in [3.05, 3.63) is 36.0 Å². The third-order valence-corrected chi connectivity index (χ3v) is 2.85. The average molecular weight is 289 g/mol. The topological polar surface area (TPSA) is 76.2 Å². The van der Waals surface area contributed by atoms with Gasteiger partial charge in [-0.2, -0.15) is 5.10 Å². The molecule has 0 saturated carbocycles. The number of nitrogens with zero attached hydrogens (tertiary/aromatic N) is 1. The van der Waals surface area contributed by atoms with Gasteiger partial charge in [-0.05, 0) is 18.6 Å². The van der Waals surface area contributed by atoms with Gasteiger partial charge in [-0.1, -0.05) is 25.5 Å². The number of aryl methyl sites for hydroxylation is 1. The van der Waals surface area contributed by atoms with Crippen molar-refractivity contribution < 1.29 is 14.3 Å². The molecule has 0 aliphatic heterocycles. The maximum absolute atomic E-state index is 11.8. The fourth-order valence-corrected chi connectivity index (χ4v) is 1.88. The number of aromatic nitrogens is 2. The van der Waals surface area contributed by atoms with E-state index in [2.05, 4.69) is 22.4 Å². The fourth-order valence-electron chi connectivity index (χ4n) is 1.88. The quantitative estimate of drug-likeness (QED) is 0.820. The van der Waals surface area contributed by atoms with Crippen molar-refractivity contribution in [2.75, 3.05) is 19.0 Å². The number of nitrogens with one attached hydrogen (secondary N) is 2. The molecule has 1 amide bonds. The first kappa shape index (κ1) is 14.9. The van der Waals surface area contributed by atoms with Gasteiger partial charge in [-0.15, -0.1) is 0 Å². The van der Waals surface area contributed by atoms with E-state index in [0.717, 1.165) is 18.5 Å². The summed E-state index contributed by atoms with van der Waals surface area (Å²) in [5, 5.41) is 9.59. The molecule has 1 heterocycles. The van der Waals surface area contributed by atoms with Gasteiger partial charge in [0.1, 0.15) is 0 Å². The van der Waals surface area contributed by atoms with E-state index in [-0.39, 0.29) is 12.5 Å². The largest absolute Gasteiger partial charge is 0.493 e. The Morgan fingerprint density at radius 1 is 1.33 bits per heavy atom. The normalized spacial score (nSPS) is 10.2. The summed E-state index contributed by atoms with van der Waals surface area (Å²) < 4.78 is 10.6. The first-order chi connectivity index (χ1) is 10.2. The first-order valence-electron chi connectivity index (χ1n) is 6.83. The lowest BCUT2D eigenvalue weighted by molar-refractivity contribution is -0.118. The van der Waals surface area contributed by atoms with Crippen LogP contribution in [0.4, 0.5) is 5.82 Å². The lowest BCUT2D eigenvalue weighted by atomic mass is 10.2. The summed E-state index contributed by atoms with van der Waals surface area (Å²) in [7, 11) is 1.56. The minimum absolute atomic E-state index is 0.101. The molecule has 0 atom stereocenters. The van der Waals surface area contributed by atoms with Crippen LogP contribution < -0.4 is 14.8 Å². The van der Waals surface area contributed by atoms with Gasteiger partial charge in [0.2, 0.25) is 0 Å². The van der Waals surface area contributed by atoms with Gasteiger partial charge in [-0.3, -0.25) is 9.89 Å². The smallest absolute Gasteiger partial charge is 0.263 e. The number of rotatable bonds is 7. The van der Waals surface area contributed by atoms with Crippen molar-refractivity contribution in [1.82, 2.24) is 10.2 Å². The molecule has 112 valence electrons. The minimum atomic E-state index is -0.268.